The van der Waals surface area contributed by atoms with E-state index in [1.807, 2.05) is 28.8 Å². The van der Waals surface area contributed by atoms with Crippen LogP contribution in [0.4, 0.5) is 5.69 Å². The largest absolute Gasteiger partial charge is 0.497 e. The molecule has 3 aromatic rings. The predicted molar refractivity (Wildman–Crippen MR) is 98.7 cm³/mol. The van der Waals surface area contributed by atoms with Crippen molar-refractivity contribution in [3.05, 3.63) is 59.9 Å². The van der Waals surface area contributed by atoms with Gasteiger partial charge in [0.05, 0.1) is 12.9 Å². The van der Waals surface area contributed by atoms with Gasteiger partial charge in [0.15, 0.2) is 5.16 Å². The van der Waals surface area contributed by atoms with E-state index in [9.17, 15) is 4.79 Å². The monoisotopic (exact) mass is 374 g/mol. The lowest BCUT2D eigenvalue weighted by Gasteiger charge is -2.08. The van der Waals surface area contributed by atoms with Crippen molar-refractivity contribution in [1.29, 1.82) is 0 Å². The fourth-order valence-electron chi connectivity index (χ4n) is 2.10. The maximum atomic E-state index is 12.1. The molecule has 1 N–H and O–H groups in total. The van der Waals surface area contributed by atoms with Crippen LogP contribution in [-0.4, -0.2) is 33.5 Å². The third-order valence-corrected chi connectivity index (χ3v) is 4.52. The Morgan fingerprint density at radius 1 is 1.20 bits per heavy atom. The number of benzene rings is 2. The standard InChI is InChI=1S/C17H15ClN4O2S/c1-24-15-8-6-14(7-9-15)22-11-19-21-17(22)25-10-16(23)20-13-4-2-12(18)3-5-13/h2-9,11H,10H2,1H3,(H,20,23). The first-order valence-electron chi connectivity index (χ1n) is 7.38. The highest BCUT2D eigenvalue weighted by molar-refractivity contribution is 7.99. The Bertz CT molecular complexity index is 850. The number of methoxy groups -OCH3 is 1. The molecule has 0 saturated heterocycles. The lowest BCUT2D eigenvalue weighted by molar-refractivity contribution is -0.113. The lowest BCUT2D eigenvalue weighted by Crippen LogP contribution is -2.14. The van der Waals surface area contributed by atoms with Crippen molar-refractivity contribution >= 4 is 35.0 Å². The smallest absolute Gasteiger partial charge is 0.234 e. The first kappa shape index (κ1) is 17.3. The van der Waals surface area contributed by atoms with E-state index in [1.54, 1.807) is 37.7 Å². The molecule has 2 aromatic carbocycles. The normalized spacial score (nSPS) is 10.5. The molecule has 1 heterocycles. The van der Waals surface area contributed by atoms with Gasteiger partial charge in [-0.15, -0.1) is 10.2 Å². The minimum absolute atomic E-state index is 0.128. The van der Waals surface area contributed by atoms with Gasteiger partial charge in [0.1, 0.15) is 12.1 Å². The van der Waals surface area contributed by atoms with E-state index in [-0.39, 0.29) is 11.7 Å². The van der Waals surface area contributed by atoms with Crippen molar-refractivity contribution in [3.63, 3.8) is 0 Å². The molecular weight excluding hydrogens is 360 g/mol. The van der Waals surface area contributed by atoms with Crippen molar-refractivity contribution in [1.82, 2.24) is 14.8 Å². The number of nitrogens with zero attached hydrogens (tertiary/aromatic N) is 3. The maximum absolute atomic E-state index is 12.1. The van der Waals surface area contributed by atoms with Crippen LogP contribution in [0.2, 0.25) is 5.02 Å². The molecule has 3 rings (SSSR count). The molecule has 6 nitrogen and oxygen atoms in total. The molecule has 0 saturated carbocycles. The van der Waals surface area contributed by atoms with Gasteiger partial charge in [0.2, 0.25) is 5.91 Å². The van der Waals surface area contributed by atoms with Crippen molar-refractivity contribution in [2.24, 2.45) is 0 Å². The average Bonchev–Trinajstić information content (AvgIpc) is 3.10. The van der Waals surface area contributed by atoms with Crippen LogP contribution in [0.15, 0.2) is 60.0 Å². The molecule has 0 atom stereocenters. The zero-order chi connectivity index (χ0) is 17.6. The molecule has 0 bridgehead atoms. The van der Waals surface area contributed by atoms with E-state index in [0.29, 0.717) is 15.9 Å². The Morgan fingerprint density at radius 2 is 1.92 bits per heavy atom. The number of anilines is 1. The summed E-state index contributed by atoms with van der Waals surface area (Å²) in [6.45, 7) is 0. The van der Waals surface area contributed by atoms with Crippen LogP contribution in [0.25, 0.3) is 5.69 Å². The van der Waals surface area contributed by atoms with Gasteiger partial charge in [0, 0.05) is 16.4 Å². The molecule has 0 spiro atoms. The Balaban J connectivity index is 1.62. The molecule has 0 fully saturated rings. The van der Waals surface area contributed by atoms with Gasteiger partial charge in [-0.2, -0.15) is 0 Å². The lowest BCUT2D eigenvalue weighted by atomic mass is 10.3. The van der Waals surface area contributed by atoms with E-state index in [1.165, 1.54) is 11.8 Å². The molecule has 0 aliphatic heterocycles. The summed E-state index contributed by atoms with van der Waals surface area (Å²) in [5, 5.41) is 12.1. The predicted octanol–water partition coefficient (Wildman–Crippen LogP) is 3.66. The number of nitrogens with one attached hydrogen (secondary N) is 1. The minimum atomic E-state index is -0.128. The quantitative estimate of drug-likeness (QED) is 0.667. The van der Waals surface area contributed by atoms with Crippen molar-refractivity contribution in [3.8, 4) is 11.4 Å². The van der Waals surface area contributed by atoms with Crippen molar-refractivity contribution in [2.75, 3.05) is 18.2 Å². The second-order valence-electron chi connectivity index (χ2n) is 5.03. The molecule has 25 heavy (non-hydrogen) atoms. The molecule has 0 unspecified atom stereocenters. The molecule has 8 heteroatoms. The van der Waals surface area contributed by atoms with Gasteiger partial charge in [-0.3, -0.25) is 9.36 Å². The zero-order valence-electron chi connectivity index (χ0n) is 13.3. The van der Waals surface area contributed by atoms with E-state index in [2.05, 4.69) is 15.5 Å². The van der Waals surface area contributed by atoms with Gasteiger partial charge in [0.25, 0.3) is 0 Å². The molecule has 128 valence electrons. The topological polar surface area (TPSA) is 69.0 Å². The van der Waals surface area contributed by atoms with Crippen LogP contribution < -0.4 is 10.1 Å². The molecule has 0 aliphatic carbocycles. The SMILES string of the molecule is COc1ccc(-n2cnnc2SCC(=O)Nc2ccc(Cl)cc2)cc1. The summed E-state index contributed by atoms with van der Waals surface area (Å²) in [4.78, 5) is 12.1. The number of rotatable bonds is 6. The van der Waals surface area contributed by atoms with Crippen LogP contribution in [0, 0.1) is 0 Å². The third kappa shape index (κ3) is 4.52. The first-order chi connectivity index (χ1) is 12.2. The molecule has 1 amide bonds. The number of carbonyl (C=O) groups excluding carboxylic acids is 1. The number of halogens is 1. The summed E-state index contributed by atoms with van der Waals surface area (Å²) in [6.07, 6.45) is 1.61. The number of thioether (sulfide) groups is 1. The van der Waals surface area contributed by atoms with Crippen LogP contribution >= 0.6 is 23.4 Å². The number of ether oxygens (including phenoxy) is 1. The van der Waals surface area contributed by atoms with Gasteiger partial charge in [-0.1, -0.05) is 23.4 Å². The third-order valence-electron chi connectivity index (χ3n) is 3.33. The fraction of sp³-hybridized carbons (Fsp3) is 0.118. The van der Waals surface area contributed by atoms with E-state index in [4.69, 9.17) is 16.3 Å². The highest BCUT2D eigenvalue weighted by Crippen LogP contribution is 2.22. The van der Waals surface area contributed by atoms with Gasteiger partial charge < -0.3 is 10.1 Å². The second-order valence-corrected chi connectivity index (χ2v) is 6.40. The molecular formula is C17H15ClN4O2S. The summed E-state index contributed by atoms with van der Waals surface area (Å²) in [5.41, 5.74) is 1.60. The Morgan fingerprint density at radius 3 is 2.60 bits per heavy atom. The van der Waals surface area contributed by atoms with E-state index >= 15 is 0 Å². The van der Waals surface area contributed by atoms with Crippen molar-refractivity contribution < 1.29 is 9.53 Å². The summed E-state index contributed by atoms with van der Waals surface area (Å²) in [5.74, 6) is 0.863. The second kappa shape index (κ2) is 8.04. The first-order valence-corrected chi connectivity index (χ1v) is 8.75. The van der Waals surface area contributed by atoms with E-state index < -0.39 is 0 Å². The number of aromatic nitrogens is 3. The Hall–Kier alpha value is -2.51. The van der Waals surface area contributed by atoms with Gasteiger partial charge in [-0.25, -0.2) is 0 Å². The zero-order valence-corrected chi connectivity index (χ0v) is 14.9. The Kier molecular flexibility index (Phi) is 5.57. The molecule has 0 aliphatic rings. The maximum Gasteiger partial charge on any atom is 0.234 e. The highest BCUT2D eigenvalue weighted by Gasteiger charge is 2.10. The Labute approximate surface area is 154 Å². The van der Waals surface area contributed by atoms with Crippen LogP contribution in [-0.2, 0) is 4.79 Å². The van der Waals surface area contributed by atoms with Crippen LogP contribution in [0.1, 0.15) is 0 Å². The number of carbonyl (C=O) groups is 1. The summed E-state index contributed by atoms with van der Waals surface area (Å²) >= 11 is 7.14. The number of hydrogen-bond acceptors (Lipinski definition) is 5. The van der Waals surface area contributed by atoms with Crippen molar-refractivity contribution in [2.45, 2.75) is 5.16 Å². The summed E-state index contributed by atoms with van der Waals surface area (Å²) in [7, 11) is 1.62. The van der Waals surface area contributed by atoms with Gasteiger partial charge in [-0.05, 0) is 48.5 Å². The minimum Gasteiger partial charge on any atom is -0.497 e. The molecule has 1 aromatic heterocycles. The van der Waals surface area contributed by atoms with Crippen LogP contribution in [0.3, 0.4) is 0 Å². The van der Waals surface area contributed by atoms with Gasteiger partial charge >= 0.3 is 0 Å². The molecule has 0 radical (unpaired) electrons. The average molecular weight is 375 g/mol. The number of amides is 1. The summed E-state index contributed by atoms with van der Waals surface area (Å²) in [6, 6.07) is 14.5. The van der Waals surface area contributed by atoms with Crippen LogP contribution in [0.5, 0.6) is 5.75 Å². The van der Waals surface area contributed by atoms with E-state index in [0.717, 1.165) is 11.4 Å². The number of hydrogen-bond donors (Lipinski definition) is 1. The summed E-state index contributed by atoms with van der Waals surface area (Å²) < 4.78 is 6.97. The highest BCUT2D eigenvalue weighted by atomic mass is 35.5. The fourth-order valence-corrected chi connectivity index (χ4v) is 2.96.